The monoisotopic (exact) mass is 369 g/mol. The Morgan fingerprint density at radius 1 is 1.26 bits per heavy atom. The molecule has 2 aliphatic heterocycles. The van der Waals surface area contributed by atoms with E-state index >= 15 is 0 Å². The first-order chi connectivity index (χ1) is 13.1. The SMILES string of the molecule is C=CCCC(Nc1ccccc1)C12C=CC(O1)C(C(=O)OC)=C2C(=O)OC. The van der Waals surface area contributed by atoms with Crippen LogP contribution in [0.4, 0.5) is 5.69 Å². The Hall–Kier alpha value is -2.86. The number of benzene rings is 1. The quantitative estimate of drug-likeness (QED) is 0.561. The Morgan fingerprint density at radius 3 is 2.59 bits per heavy atom. The molecule has 0 radical (unpaired) electrons. The summed E-state index contributed by atoms with van der Waals surface area (Å²) in [4.78, 5) is 25.0. The van der Waals surface area contributed by atoms with Gasteiger partial charge in [-0.05, 0) is 31.1 Å². The molecule has 3 atom stereocenters. The Bertz CT molecular complexity index is 798. The van der Waals surface area contributed by atoms with Crippen molar-refractivity contribution in [3.63, 3.8) is 0 Å². The molecular weight excluding hydrogens is 346 g/mol. The Labute approximate surface area is 158 Å². The van der Waals surface area contributed by atoms with Crippen molar-refractivity contribution in [1.82, 2.24) is 0 Å². The van der Waals surface area contributed by atoms with E-state index in [1.807, 2.05) is 42.5 Å². The van der Waals surface area contributed by atoms with Crippen LogP contribution in [0.5, 0.6) is 0 Å². The number of allylic oxidation sites excluding steroid dienone is 1. The first-order valence-electron chi connectivity index (χ1n) is 8.78. The van der Waals surface area contributed by atoms with Gasteiger partial charge >= 0.3 is 11.9 Å². The first kappa shape index (κ1) is 18.9. The molecule has 3 unspecified atom stereocenters. The van der Waals surface area contributed by atoms with Crippen LogP contribution in [0.25, 0.3) is 0 Å². The molecule has 0 aromatic heterocycles. The third-order valence-corrected chi connectivity index (χ3v) is 4.87. The van der Waals surface area contributed by atoms with Gasteiger partial charge in [0.1, 0.15) is 11.7 Å². The van der Waals surface area contributed by atoms with E-state index < -0.39 is 23.6 Å². The van der Waals surface area contributed by atoms with Gasteiger partial charge in [-0.3, -0.25) is 0 Å². The second-order valence-corrected chi connectivity index (χ2v) is 6.39. The van der Waals surface area contributed by atoms with Crippen molar-refractivity contribution in [3.8, 4) is 0 Å². The second kappa shape index (κ2) is 7.80. The minimum absolute atomic E-state index is 0.196. The molecule has 0 aliphatic carbocycles. The highest BCUT2D eigenvalue weighted by Crippen LogP contribution is 2.47. The van der Waals surface area contributed by atoms with Gasteiger partial charge in [-0.1, -0.05) is 30.4 Å². The van der Waals surface area contributed by atoms with Crippen molar-refractivity contribution in [3.05, 3.63) is 66.3 Å². The number of anilines is 1. The van der Waals surface area contributed by atoms with Crippen molar-refractivity contribution in [2.75, 3.05) is 19.5 Å². The summed E-state index contributed by atoms with van der Waals surface area (Å²) in [5.74, 6) is -1.19. The van der Waals surface area contributed by atoms with E-state index in [4.69, 9.17) is 14.2 Å². The second-order valence-electron chi connectivity index (χ2n) is 6.39. The molecule has 0 amide bonds. The summed E-state index contributed by atoms with van der Waals surface area (Å²) in [5.41, 5.74) is 0.171. The molecule has 2 bridgehead atoms. The topological polar surface area (TPSA) is 73.9 Å². The van der Waals surface area contributed by atoms with Gasteiger partial charge < -0.3 is 19.5 Å². The van der Waals surface area contributed by atoms with Gasteiger partial charge in [0, 0.05) is 5.69 Å². The Balaban J connectivity index is 2.06. The number of hydrogen-bond donors (Lipinski definition) is 1. The van der Waals surface area contributed by atoms with Crippen LogP contribution in [-0.4, -0.2) is 43.9 Å². The van der Waals surface area contributed by atoms with Gasteiger partial charge in [0.2, 0.25) is 0 Å². The highest BCUT2D eigenvalue weighted by Gasteiger charge is 2.58. The summed E-state index contributed by atoms with van der Waals surface area (Å²) in [6, 6.07) is 9.33. The number of carbonyl (C=O) groups excluding carboxylic acids is 2. The zero-order valence-corrected chi connectivity index (χ0v) is 15.4. The maximum absolute atomic E-state index is 12.6. The molecule has 1 N–H and O–H groups in total. The van der Waals surface area contributed by atoms with Crippen molar-refractivity contribution >= 4 is 17.6 Å². The van der Waals surface area contributed by atoms with Crippen LogP contribution in [0.1, 0.15) is 12.8 Å². The van der Waals surface area contributed by atoms with Crippen molar-refractivity contribution in [1.29, 1.82) is 0 Å². The third-order valence-electron chi connectivity index (χ3n) is 4.87. The van der Waals surface area contributed by atoms with Crippen LogP contribution in [0.15, 0.2) is 66.3 Å². The smallest absolute Gasteiger partial charge is 0.337 e. The maximum atomic E-state index is 12.6. The number of ether oxygens (including phenoxy) is 3. The van der Waals surface area contributed by atoms with Crippen molar-refractivity contribution in [2.24, 2.45) is 0 Å². The van der Waals surface area contributed by atoms with Crippen LogP contribution < -0.4 is 5.32 Å². The average molecular weight is 369 g/mol. The van der Waals surface area contributed by atoms with Gasteiger partial charge in [-0.15, -0.1) is 6.58 Å². The molecule has 2 heterocycles. The van der Waals surface area contributed by atoms with Crippen LogP contribution in [0.3, 0.4) is 0 Å². The fraction of sp³-hybridized carbons (Fsp3) is 0.333. The van der Waals surface area contributed by atoms with E-state index in [1.54, 1.807) is 6.08 Å². The maximum Gasteiger partial charge on any atom is 0.337 e. The predicted octanol–water partition coefficient (Wildman–Crippen LogP) is 2.78. The fourth-order valence-electron chi connectivity index (χ4n) is 3.66. The number of fused-ring (bicyclic) bond motifs is 2. The number of nitrogens with one attached hydrogen (secondary N) is 1. The standard InChI is InChI=1S/C21H23NO5/c1-4-5-11-16(22-14-9-7-6-8-10-14)21-13-12-15(27-21)17(19(23)25-2)18(21)20(24)26-3/h4,6-10,12-13,15-16,22H,1,5,11H2,2-3H3. The lowest BCUT2D eigenvalue weighted by Crippen LogP contribution is -2.48. The van der Waals surface area contributed by atoms with Gasteiger partial charge in [-0.2, -0.15) is 0 Å². The van der Waals surface area contributed by atoms with E-state index in [0.717, 1.165) is 5.69 Å². The van der Waals surface area contributed by atoms with Crippen LogP contribution >= 0.6 is 0 Å². The highest BCUT2D eigenvalue weighted by atomic mass is 16.6. The summed E-state index contributed by atoms with van der Waals surface area (Å²) < 4.78 is 16.0. The lowest BCUT2D eigenvalue weighted by Gasteiger charge is -2.35. The summed E-state index contributed by atoms with van der Waals surface area (Å²) in [6.45, 7) is 3.79. The van der Waals surface area contributed by atoms with E-state index in [2.05, 4.69) is 11.9 Å². The number of methoxy groups -OCH3 is 2. The van der Waals surface area contributed by atoms with Gasteiger partial charge in [0.05, 0.1) is 31.4 Å². The molecule has 1 aromatic rings. The van der Waals surface area contributed by atoms with E-state index in [1.165, 1.54) is 14.2 Å². The van der Waals surface area contributed by atoms with Crippen LogP contribution in [0, 0.1) is 0 Å². The fourth-order valence-corrected chi connectivity index (χ4v) is 3.66. The minimum atomic E-state index is -1.11. The number of hydrogen-bond acceptors (Lipinski definition) is 6. The zero-order valence-electron chi connectivity index (χ0n) is 15.4. The molecule has 6 nitrogen and oxygen atoms in total. The van der Waals surface area contributed by atoms with E-state index in [-0.39, 0.29) is 17.2 Å². The lowest BCUT2D eigenvalue weighted by molar-refractivity contribution is -0.139. The average Bonchev–Trinajstić information content (AvgIpc) is 3.28. The molecule has 0 spiro atoms. The van der Waals surface area contributed by atoms with Crippen LogP contribution in [0.2, 0.25) is 0 Å². The summed E-state index contributed by atoms with van der Waals surface area (Å²) in [7, 11) is 2.57. The summed E-state index contributed by atoms with van der Waals surface area (Å²) in [6.07, 6.45) is 6.15. The Kier molecular flexibility index (Phi) is 5.46. The van der Waals surface area contributed by atoms with Gasteiger partial charge in [0.15, 0.2) is 0 Å². The molecule has 6 heteroatoms. The van der Waals surface area contributed by atoms with Gasteiger partial charge in [-0.25, -0.2) is 9.59 Å². The molecule has 142 valence electrons. The molecular formula is C21H23NO5. The van der Waals surface area contributed by atoms with E-state index in [0.29, 0.717) is 12.8 Å². The minimum Gasteiger partial charge on any atom is -0.466 e. The molecule has 2 aliphatic rings. The molecule has 1 aromatic carbocycles. The van der Waals surface area contributed by atoms with Gasteiger partial charge in [0.25, 0.3) is 0 Å². The van der Waals surface area contributed by atoms with Crippen molar-refractivity contribution in [2.45, 2.75) is 30.6 Å². The molecule has 3 rings (SSSR count). The number of carbonyl (C=O) groups is 2. The molecule has 0 saturated heterocycles. The summed E-state index contributed by atoms with van der Waals surface area (Å²) >= 11 is 0. The normalized spacial score (nSPS) is 23.9. The largest absolute Gasteiger partial charge is 0.466 e. The van der Waals surface area contributed by atoms with Crippen molar-refractivity contribution < 1.29 is 23.8 Å². The van der Waals surface area contributed by atoms with E-state index in [9.17, 15) is 9.59 Å². The summed E-state index contributed by atoms with van der Waals surface area (Å²) in [5, 5.41) is 3.44. The first-order valence-corrected chi connectivity index (χ1v) is 8.78. The predicted molar refractivity (Wildman–Crippen MR) is 101 cm³/mol. The number of para-hydroxylation sites is 1. The van der Waals surface area contributed by atoms with Crippen LogP contribution in [-0.2, 0) is 23.8 Å². The number of esters is 2. The number of rotatable bonds is 8. The Morgan fingerprint density at radius 2 is 1.96 bits per heavy atom. The highest BCUT2D eigenvalue weighted by molar-refractivity contribution is 6.05. The molecule has 0 fully saturated rings. The third kappa shape index (κ3) is 3.28. The zero-order chi connectivity index (χ0) is 19.4. The molecule has 27 heavy (non-hydrogen) atoms. The molecule has 0 saturated carbocycles. The lowest BCUT2D eigenvalue weighted by atomic mass is 9.79.